The Labute approximate surface area is 127 Å². The highest BCUT2D eigenvalue weighted by Crippen LogP contribution is 2.23. The van der Waals surface area contributed by atoms with Crippen molar-refractivity contribution in [3.05, 3.63) is 29.8 Å². The fourth-order valence-corrected chi connectivity index (χ4v) is 3.05. The number of rotatable bonds is 8. The van der Waals surface area contributed by atoms with Crippen LogP contribution in [0.2, 0.25) is 0 Å². The Morgan fingerprint density at radius 3 is 2.52 bits per heavy atom. The van der Waals surface area contributed by atoms with E-state index < -0.39 is 10.0 Å². The van der Waals surface area contributed by atoms with Gasteiger partial charge in [0.1, 0.15) is 0 Å². The summed E-state index contributed by atoms with van der Waals surface area (Å²) in [5, 5.41) is 2.75. The number of para-hydroxylation sites is 1. The molecule has 0 radical (unpaired) electrons. The highest BCUT2D eigenvalue weighted by atomic mass is 32.2. The van der Waals surface area contributed by atoms with Gasteiger partial charge in [-0.15, -0.1) is 0 Å². The molecule has 21 heavy (non-hydrogen) atoms. The van der Waals surface area contributed by atoms with Gasteiger partial charge in [0.15, 0.2) is 0 Å². The number of unbranched alkanes of at least 4 members (excludes halogenated alkanes) is 1. The van der Waals surface area contributed by atoms with Gasteiger partial charge in [0.2, 0.25) is 15.9 Å². The first-order chi connectivity index (χ1) is 9.85. The molecule has 0 fully saturated rings. The first-order valence-electron chi connectivity index (χ1n) is 7.22. The van der Waals surface area contributed by atoms with Gasteiger partial charge in [0, 0.05) is 5.69 Å². The SMILES string of the molecule is CCCCS(=O)(=O)NCC(=O)Nc1ccccc1C(C)C. The largest absolute Gasteiger partial charge is 0.325 e. The van der Waals surface area contributed by atoms with Crippen molar-refractivity contribution in [2.24, 2.45) is 0 Å². The quantitative estimate of drug-likeness (QED) is 0.774. The molecular formula is C15H24N2O3S. The average Bonchev–Trinajstić information content (AvgIpc) is 2.43. The number of sulfonamides is 1. The normalized spacial score (nSPS) is 11.6. The average molecular weight is 312 g/mol. The maximum absolute atomic E-state index is 11.9. The molecule has 0 aliphatic heterocycles. The second kappa shape index (κ2) is 8.14. The standard InChI is InChI=1S/C15H24N2O3S/c1-4-5-10-21(19,20)16-11-15(18)17-14-9-7-6-8-13(14)12(2)3/h6-9,12,16H,4-5,10-11H2,1-3H3,(H,17,18). The van der Waals surface area contributed by atoms with Gasteiger partial charge >= 0.3 is 0 Å². The van der Waals surface area contributed by atoms with Crippen LogP contribution < -0.4 is 10.0 Å². The molecule has 1 amide bonds. The van der Waals surface area contributed by atoms with Crippen molar-refractivity contribution in [1.29, 1.82) is 0 Å². The fraction of sp³-hybridized carbons (Fsp3) is 0.533. The van der Waals surface area contributed by atoms with Crippen molar-refractivity contribution in [3.8, 4) is 0 Å². The first kappa shape index (κ1) is 17.7. The van der Waals surface area contributed by atoms with Crippen LogP contribution in [0.3, 0.4) is 0 Å². The van der Waals surface area contributed by atoms with Crippen molar-refractivity contribution in [1.82, 2.24) is 4.72 Å². The minimum atomic E-state index is -3.37. The summed E-state index contributed by atoms with van der Waals surface area (Å²) in [5.74, 6) is -0.0229. The van der Waals surface area contributed by atoms with E-state index in [0.29, 0.717) is 6.42 Å². The first-order valence-corrected chi connectivity index (χ1v) is 8.87. The number of hydrogen-bond donors (Lipinski definition) is 2. The minimum Gasteiger partial charge on any atom is -0.325 e. The lowest BCUT2D eigenvalue weighted by Gasteiger charge is -2.14. The van der Waals surface area contributed by atoms with Crippen LogP contribution in [0.1, 0.15) is 45.1 Å². The van der Waals surface area contributed by atoms with Crippen molar-refractivity contribution >= 4 is 21.6 Å². The number of amides is 1. The number of benzene rings is 1. The Kier molecular flexibility index (Phi) is 6.84. The van der Waals surface area contributed by atoms with E-state index in [-0.39, 0.29) is 24.1 Å². The van der Waals surface area contributed by atoms with Crippen LogP contribution in [0, 0.1) is 0 Å². The topological polar surface area (TPSA) is 75.3 Å². The van der Waals surface area contributed by atoms with Crippen LogP contribution in [-0.4, -0.2) is 26.6 Å². The highest BCUT2D eigenvalue weighted by Gasteiger charge is 2.13. The number of carbonyl (C=O) groups excluding carboxylic acids is 1. The lowest BCUT2D eigenvalue weighted by molar-refractivity contribution is -0.115. The van der Waals surface area contributed by atoms with Gasteiger partial charge in [-0.05, 0) is 24.0 Å². The zero-order chi connectivity index (χ0) is 15.9. The predicted molar refractivity (Wildman–Crippen MR) is 85.9 cm³/mol. The van der Waals surface area contributed by atoms with Crippen LogP contribution in [0.15, 0.2) is 24.3 Å². The summed E-state index contributed by atoms with van der Waals surface area (Å²) in [6.07, 6.45) is 1.39. The van der Waals surface area contributed by atoms with Crippen molar-refractivity contribution in [3.63, 3.8) is 0 Å². The molecule has 1 aromatic carbocycles. The molecule has 0 saturated heterocycles. The third-order valence-corrected chi connectivity index (χ3v) is 4.49. The Hall–Kier alpha value is -1.40. The fourth-order valence-electron chi connectivity index (χ4n) is 1.89. The maximum Gasteiger partial charge on any atom is 0.239 e. The molecule has 1 aromatic rings. The van der Waals surface area contributed by atoms with Gasteiger partial charge in [-0.2, -0.15) is 0 Å². The van der Waals surface area contributed by atoms with E-state index in [1.807, 2.05) is 45.0 Å². The summed E-state index contributed by atoms with van der Waals surface area (Å²) >= 11 is 0. The lowest BCUT2D eigenvalue weighted by atomic mass is 10.0. The van der Waals surface area contributed by atoms with Gasteiger partial charge in [-0.3, -0.25) is 4.79 Å². The van der Waals surface area contributed by atoms with Crippen molar-refractivity contribution < 1.29 is 13.2 Å². The summed E-state index contributed by atoms with van der Waals surface area (Å²) in [7, 11) is -3.37. The lowest BCUT2D eigenvalue weighted by Crippen LogP contribution is -2.34. The molecule has 0 bridgehead atoms. The van der Waals surface area contributed by atoms with Gasteiger partial charge in [-0.25, -0.2) is 13.1 Å². The van der Waals surface area contributed by atoms with Crippen LogP contribution in [-0.2, 0) is 14.8 Å². The molecule has 118 valence electrons. The van der Waals surface area contributed by atoms with Gasteiger partial charge in [0.25, 0.3) is 0 Å². The van der Waals surface area contributed by atoms with Gasteiger partial charge < -0.3 is 5.32 Å². The summed E-state index contributed by atoms with van der Waals surface area (Å²) in [6, 6.07) is 7.52. The van der Waals surface area contributed by atoms with E-state index in [9.17, 15) is 13.2 Å². The molecule has 0 atom stereocenters. The third kappa shape index (κ3) is 6.27. The molecule has 0 aliphatic carbocycles. The molecule has 0 unspecified atom stereocenters. The zero-order valence-corrected chi connectivity index (χ0v) is 13.7. The van der Waals surface area contributed by atoms with E-state index >= 15 is 0 Å². The number of nitrogens with one attached hydrogen (secondary N) is 2. The summed E-state index contributed by atoms with van der Waals surface area (Å²) in [4.78, 5) is 11.9. The Bertz CT molecular complexity index is 568. The van der Waals surface area contributed by atoms with Crippen molar-refractivity contribution in [2.75, 3.05) is 17.6 Å². The molecule has 2 N–H and O–H groups in total. The van der Waals surface area contributed by atoms with Crippen LogP contribution >= 0.6 is 0 Å². The second-order valence-electron chi connectivity index (χ2n) is 5.28. The molecule has 0 aliphatic rings. The van der Waals surface area contributed by atoms with Crippen LogP contribution in [0.25, 0.3) is 0 Å². The van der Waals surface area contributed by atoms with E-state index in [1.165, 1.54) is 0 Å². The van der Waals surface area contributed by atoms with E-state index in [4.69, 9.17) is 0 Å². The molecule has 0 heterocycles. The van der Waals surface area contributed by atoms with Gasteiger partial charge in [0.05, 0.1) is 12.3 Å². The third-order valence-electron chi connectivity index (χ3n) is 3.08. The molecule has 0 spiro atoms. The Morgan fingerprint density at radius 1 is 1.24 bits per heavy atom. The molecule has 0 saturated carbocycles. The minimum absolute atomic E-state index is 0.0549. The Balaban J connectivity index is 2.59. The molecular weight excluding hydrogens is 288 g/mol. The monoisotopic (exact) mass is 312 g/mol. The molecule has 0 aromatic heterocycles. The smallest absolute Gasteiger partial charge is 0.239 e. The predicted octanol–water partition coefficient (Wildman–Crippen LogP) is 2.47. The number of carbonyl (C=O) groups is 1. The van der Waals surface area contributed by atoms with Crippen LogP contribution in [0.5, 0.6) is 0 Å². The van der Waals surface area contributed by atoms with Crippen molar-refractivity contribution in [2.45, 2.75) is 39.5 Å². The van der Waals surface area contributed by atoms with Crippen LogP contribution in [0.4, 0.5) is 5.69 Å². The number of anilines is 1. The van der Waals surface area contributed by atoms with E-state index in [0.717, 1.165) is 17.7 Å². The zero-order valence-electron chi connectivity index (χ0n) is 12.8. The summed E-state index contributed by atoms with van der Waals surface area (Å²) in [5.41, 5.74) is 1.75. The second-order valence-corrected chi connectivity index (χ2v) is 7.21. The van der Waals surface area contributed by atoms with E-state index in [1.54, 1.807) is 0 Å². The summed E-state index contributed by atoms with van der Waals surface area (Å²) < 4.78 is 25.6. The molecule has 1 rings (SSSR count). The number of hydrogen-bond acceptors (Lipinski definition) is 3. The molecule has 5 nitrogen and oxygen atoms in total. The highest BCUT2D eigenvalue weighted by molar-refractivity contribution is 7.89. The maximum atomic E-state index is 11.9. The molecule has 6 heteroatoms. The Morgan fingerprint density at radius 2 is 1.90 bits per heavy atom. The van der Waals surface area contributed by atoms with E-state index in [2.05, 4.69) is 10.0 Å². The summed E-state index contributed by atoms with van der Waals surface area (Å²) in [6.45, 7) is 5.76. The van der Waals surface area contributed by atoms with Gasteiger partial charge in [-0.1, -0.05) is 45.4 Å².